The fraction of sp³-hybridized carbons (Fsp3) is 0.300. The number of fused-ring (bicyclic) bond motifs is 3. The average molecular weight is 511 g/mol. The Morgan fingerprint density at radius 3 is 2.11 bits per heavy atom. The Bertz CT molecular complexity index is 1340. The molecule has 5 N–H and O–H groups in total. The lowest BCUT2D eigenvalue weighted by atomic mass is 9.77. The van der Waals surface area contributed by atoms with E-state index >= 15 is 0 Å². The van der Waals surface area contributed by atoms with Gasteiger partial charge in [0.05, 0.1) is 22.6 Å². The molecule has 0 bridgehead atoms. The predicted molar refractivity (Wildman–Crippen MR) is 152 cm³/mol. The Morgan fingerprint density at radius 1 is 0.921 bits per heavy atom. The monoisotopic (exact) mass is 511 g/mol. The number of rotatable bonds is 6. The first-order valence-corrected chi connectivity index (χ1v) is 12.9. The van der Waals surface area contributed by atoms with Gasteiger partial charge in [-0.2, -0.15) is 0 Å². The van der Waals surface area contributed by atoms with Gasteiger partial charge in [-0.25, -0.2) is 4.79 Å². The SMILES string of the molecule is CC1(C)OB(C(=Cc2cccc(N)c2N)CNC(=O)OCC2c3ccccc3-c3ccccc32)OC1(C)C. The number of anilines is 2. The van der Waals surface area contributed by atoms with E-state index in [2.05, 4.69) is 29.6 Å². The highest BCUT2D eigenvalue weighted by molar-refractivity contribution is 6.56. The van der Waals surface area contributed by atoms with Gasteiger partial charge in [0, 0.05) is 12.5 Å². The van der Waals surface area contributed by atoms with Gasteiger partial charge in [-0.3, -0.25) is 0 Å². The minimum atomic E-state index is -0.672. The van der Waals surface area contributed by atoms with Crippen LogP contribution >= 0.6 is 0 Å². The van der Waals surface area contributed by atoms with Gasteiger partial charge in [0.15, 0.2) is 0 Å². The van der Waals surface area contributed by atoms with Gasteiger partial charge in [0.2, 0.25) is 0 Å². The molecule has 196 valence electrons. The van der Waals surface area contributed by atoms with Crippen LogP contribution in [0, 0.1) is 0 Å². The summed E-state index contributed by atoms with van der Waals surface area (Å²) < 4.78 is 18.3. The van der Waals surface area contributed by atoms with Crippen molar-refractivity contribution < 1.29 is 18.8 Å². The Kier molecular flexibility index (Phi) is 6.71. The summed E-state index contributed by atoms with van der Waals surface area (Å²) in [7, 11) is -0.672. The smallest absolute Gasteiger partial charge is 0.449 e. The molecule has 7 nitrogen and oxygen atoms in total. The molecule has 8 heteroatoms. The molecule has 1 amide bonds. The molecular weight excluding hydrogens is 477 g/mol. The standard InChI is InChI=1S/C30H34BN3O4/c1-29(2)30(3,4)38-31(37-29)20(16-19-10-9-15-26(32)27(19)33)17-34-28(35)36-18-25-23-13-7-5-11-21(23)22-12-6-8-14-24(22)25/h5-16,25H,17-18,32-33H2,1-4H3,(H,34,35). The summed E-state index contributed by atoms with van der Waals surface area (Å²) in [6.45, 7) is 8.33. The summed E-state index contributed by atoms with van der Waals surface area (Å²) in [5, 5.41) is 2.88. The predicted octanol–water partition coefficient (Wildman–Crippen LogP) is 5.40. The van der Waals surface area contributed by atoms with Crippen molar-refractivity contribution in [2.75, 3.05) is 24.6 Å². The number of alkyl carbamates (subject to hydrolysis) is 1. The lowest BCUT2D eigenvalue weighted by Crippen LogP contribution is -2.41. The molecule has 1 saturated heterocycles. The zero-order valence-corrected chi connectivity index (χ0v) is 22.3. The lowest BCUT2D eigenvalue weighted by Gasteiger charge is -2.32. The summed E-state index contributed by atoms with van der Waals surface area (Å²) in [6, 6.07) is 21.9. The number of carbonyl (C=O) groups is 1. The fourth-order valence-electron chi connectivity index (χ4n) is 4.95. The van der Waals surface area contributed by atoms with Crippen LogP contribution in [0.25, 0.3) is 17.2 Å². The van der Waals surface area contributed by atoms with Crippen LogP contribution in [0.4, 0.5) is 16.2 Å². The number of benzene rings is 3. The van der Waals surface area contributed by atoms with E-state index in [0.29, 0.717) is 16.8 Å². The summed E-state index contributed by atoms with van der Waals surface area (Å²) in [5.74, 6) is -0.0154. The number of carbonyl (C=O) groups excluding carboxylic acids is 1. The molecule has 1 aliphatic heterocycles. The van der Waals surface area contributed by atoms with E-state index in [4.69, 9.17) is 25.5 Å². The van der Waals surface area contributed by atoms with Gasteiger partial charge in [0.25, 0.3) is 0 Å². The van der Waals surface area contributed by atoms with E-state index in [1.54, 1.807) is 6.07 Å². The average Bonchev–Trinajstić information content (AvgIpc) is 3.32. The maximum atomic E-state index is 12.9. The molecule has 5 rings (SSSR count). The zero-order chi connectivity index (χ0) is 27.1. The quantitative estimate of drug-likeness (QED) is 0.302. The second kappa shape index (κ2) is 9.85. The summed E-state index contributed by atoms with van der Waals surface area (Å²) in [6.07, 6.45) is 1.34. The largest absolute Gasteiger partial charge is 0.492 e. The number of hydrogen-bond acceptors (Lipinski definition) is 6. The molecule has 0 aromatic heterocycles. The van der Waals surface area contributed by atoms with Crippen LogP contribution in [0.2, 0.25) is 0 Å². The van der Waals surface area contributed by atoms with Crippen LogP contribution < -0.4 is 16.8 Å². The molecule has 38 heavy (non-hydrogen) atoms. The van der Waals surface area contributed by atoms with Gasteiger partial charge in [0.1, 0.15) is 6.61 Å². The molecule has 0 atom stereocenters. The van der Waals surface area contributed by atoms with Gasteiger partial charge in [-0.1, -0.05) is 66.7 Å². The molecule has 0 spiro atoms. The first kappa shape index (κ1) is 25.9. The fourth-order valence-corrected chi connectivity index (χ4v) is 4.95. The van der Waals surface area contributed by atoms with Crippen LogP contribution in [-0.4, -0.2) is 37.6 Å². The van der Waals surface area contributed by atoms with Crippen molar-refractivity contribution in [3.8, 4) is 11.1 Å². The zero-order valence-electron chi connectivity index (χ0n) is 22.3. The summed E-state index contributed by atoms with van der Waals surface area (Å²) in [5.41, 5.74) is 18.2. The molecule has 0 radical (unpaired) electrons. The van der Waals surface area contributed by atoms with E-state index in [0.717, 1.165) is 16.7 Å². The van der Waals surface area contributed by atoms with Crippen LogP contribution in [-0.2, 0) is 14.0 Å². The van der Waals surface area contributed by atoms with E-state index in [-0.39, 0.29) is 19.1 Å². The van der Waals surface area contributed by atoms with E-state index in [1.165, 1.54) is 11.1 Å². The molecule has 0 unspecified atom stereocenters. The Labute approximate surface area is 224 Å². The first-order valence-electron chi connectivity index (χ1n) is 12.9. The van der Waals surface area contributed by atoms with Crippen LogP contribution in [0.5, 0.6) is 0 Å². The number of nitrogens with one attached hydrogen (secondary N) is 1. The van der Waals surface area contributed by atoms with Crippen molar-refractivity contribution in [3.63, 3.8) is 0 Å². The van der Waals surface area contributed by atoms with Crippen molar-refractivity contribution in [2.24, 2.45) is 0 Å². The van der Waals surface area contributed by atoms with Crippen molar-refractivity contribution in [1.29, 1.82) is 0 Å². The van der Waals surface area contributed by atoms with E-state index in [9.17, 15) is 4.79 Å². The molecule has 1 heterocycles. The molecular formula is C30H34BN3O4. The van der Waals surface area contributed by atoms with Crippen molar-refractivity contribution in [3.05, 3.63) is 88.9 Å². The van der Waals surface area contributed by atoms with Crippen molar-refractivity contribution in [2.45, 2.75) is 44.8 Å². The third kappa shape index (κ3) is 4.77. The van der Waals surface area contributed by atoms with E-state index < -0.39 is 24.4 Å². The topological polar surface area (TPSA) is 109 Å². The van der Waals surface area contributed by atoms with Gasteiger partial charge in [-0.05, 0) is 67.1 Å². The molecule has 3 aromatic carbocycles. The van der Waals surface area contributed by atoms with Crippen LogP contribution in [0.15, 0.2) is 72.2 Å². The maximum Gasteiger partial charge on any atom is 0.492 e. The molecule has 3 aromatic rings. The normalized spacial score (nSPS) is 17.7. The Hall–Kier alpha value is -3.75. The summed E-state index contributed by atoms with van der Waals surface area (Å²) >= 11 is 0. The van der Waals surface area contributed by atoms with Crippen molar-refractivity contribution >= 4 is 30.7 Å². The third-order valence-corrected chi connectivity index (χ3v) is 7.85. The minimum absolute atomic E-state index is 0.0154. The van der Waals surface area contributed by atoms with Gasteiger partial charge in [-0.15, -0.1) is 0 Å². The first-order chi connectivity index (χ1) is 18.1. The molecule has 0 saturated carbocycles. The maximum absolute atomic E-state index is 12.9. The van der Waals surface area contributed by atoms with E-state index in [1.807, 2.05) is 70.2 Å². The molecule has 1 fully saturated rings. The van der Waals surface area contributed by atoms with Crippen LogP contribution in [0.1, 0.15) is 50.3 Å². The molecule has 2 aliphatic rings. The summed E-state index contributed by atoms with van der Waals surface area (Å²) in [4.78, 5) is 12.9. The number of nitrogen functional groups attached to an aromatic ring is 2. The second-order valence-electron chi connectivity index (χ2n) is 10.8. The Morgan fingerprint density at radius 2 is 1.50 bits per heavy atom. The second-order valence-corrected chi connectivity index (χ2v) is 10.8. The molecule has 1 aliphatic carbocycles. The number of amides is 1. The highest BCUT2D eigenvalue weighted by Gasteiger charge is 2.52. The Balaban J connectivity index is 1.31. The highest BCUT2D eigenvalue weighted by atomic mass is 16.7. The number of nitrogens with two attached hydrogens (primary N) is 2. The number of hydrogen-bond donors (Lipinski definition) is 3. The van der Waals surface area contributed by atoms with Crippen molar-refractivity contribution in [1.82, 2.24) is 5.32 Å². The highest BCUT2D eigenvalue weighted by Crippen LogP contribution is 2.44. The third-order valence-electron chi connectivity index (χ3n) is 7.85. The van der Waals surface area contributed by atoms with Gasteiger partial charge >= 0.3 is 13.2 Å². The number of para-hydroxylation sites is 1. The van der Waals surface area contributed by atoms with Gasteiger partial charge < -0.3 is 30.8 Å². The van der Waals surface area contributed by atoms with Crippen LogP contribution in [0.3, 0.4) is 0 Å². The lowest BCUT2D eigenvalue weighted by molar-refractivity contribution is 0.00578. The number of ether oxygens (including phenoxy) is 1. The minimum Gasteiger partial charge on any atom is -0.449 e.